The van der Waals surface area contributed by atoms with E-state index in [4.69, 9.17) is 0 Å². The van der Waals surface area contributed by atoms with Crippen LogP contribution in [0, 0.1) is 6.92 Å². The number of carbonyl (C=O) groups is 1. The van der Waals surface area contributed by atoms with Crippen LogP contribution >= 0.6 is 11.5 Å². The van der Waals surface area contributed by atoms with Gasteiger partial charge < -0.3 is 4.98 Å². The minimum atomic E-state index is 0.648. The summed E-state index contributed by atoms with van der Waals surface area (Å²) in [6.07, 6.45) is 0.828. The lowest BCUT2D eigenvalue weighted by atomic mass is 10.1. The van der Waals surface area contributed by atoms with Crippen molar-refractivity contribution in [1.29, 1.82) is 0 Å². The van der Waals surface area contributed by atoms with Gasteiger partial charge in [0, 0.05) is 10.9 Å². The highest BCUT2D eigenvalue weighted by Gasteiger charge is 2.08. The lowest BCUT2D eigenvalue weighted by Gasteiger charge is -1.92. The van der Waals surface area contributed by atoms with Gasteiger partial charge in [-0.1, -0.05) is 12.1 Å². The van der Waals surface area contributed by atoms with E-state index in [0.717, 1.165) is 23.2 Å². The average Bonchev–Trinajstić information content (AvgIpc) is 2.95. The molecule has 0 atom stereocenters. The Morgan fingerprint density at radius 1 is 1.35 bits per heavy atom. The van der Waals surface area contributed by atoms with E-state index >= 15 is 0 Å². The van der Waals surface area contributed by atoms with Gasteiger partial charge in [0.25, 0.3) is 0 Å². The molecule has 1 N–H and O–H groups in total. The number of nitrogens with one attached hydrogen (secondary N) is 1. The number of benzene rings is 1. The van der Waals surface area contributed by atoms with Crippen LogP contribution in [-0.2, 0) is 0 Å². The van der Waals surface area contributed by atoms with Crippen molar-refractivity contribution < 1.29 is 4.79 Å². The van der Waals surface area contributed by atoms with Gasteiger partial charge >= 0.3 is 0 Å². The highest BCUT2D eigenvalue weighted by Crippen LogP contribution is 2.26. The lowest BCUT2D eigenvalue weighted by molar-refractivity contribution is 0.112. The molecule has 1 aromatic carbocycles. The first-order valence-corrected chi connectivity index (χ1v) is 6.06. The molecule has 0 unspecified atom stereocenters. The van der Waals surface area contributed by atoms with Gasteiger partial charge in [0.15, 0.2) is 6.29 Å². The van der Waals surface area contributed by atoms with Gasteiger partial charge in [-0.3, -0.25) is 4.79 Å². The Morgan fingerprint density at radius 3 is 2.94 bits per heavy atom. The maximum Gasteiger partial charge on any atom is 0.161 e. The van der Waals surface area contributed by atoms with Crippen LogP contribution in [-0.4, -0.2) is 15.6 Å². The number of aryl methyl sites for hydroxylation is 1. The molecule has 0 radical (unpaired) electrons. The number of aromatic amines is 1. The Bertz CT molecular complexity index is 696. The summed E-state index contributed by atoms with van der Waals surface area (Å²) in [4.78, 5) is 14.6. The highest BCUT2D eigenvalue weighted by atomic mass is 32.1. The van der Waals surface area contributed by atoms with Gasteiger partial charge in [0.1, 0.15) is 5.69 Å². The Balaban J connectivity index is 2.17. The summed E-state index contributed by atoms with van der Waals surface area (Å²) >= 11 is 1.22. The van der Waals surface area contributed by atoms with E-state index in [2.05, 4.69) is 28.4 Å². The van der Waals surface area contributed by atoms with E-state index in [1.54, 1.807) is 6.07 Å². The van der Waals surface area contributed by atoms with Crippen molar-refractivity contribution in [3.05, 3.63) is 40.8 Å². The van der Waals surface area contributed by atoms with E-state index in [-0.39, 0.29) is 0 Å². The molecule has 0 saturated carbocycles. The monoisotopic (exact) mass is 242 g/mol. The summed E-state index contributed by atoms with van der Waals surface area (Å²) in [5, 5.41) is 1.20. The molecule has 3 nitrogen and oxygen atoms in total. The Labute approximate surface area is 102 Å². The molecule has 0 aliphatic heterocycles. The van der Waals surface area contributed by atoms with Gasteiger partial charge in [0.05, 0.1) is 10.6 Å². The summed E-state index contributed by atoms with van der Waals surface area (Å²) in [7, 11) is 0. The normalized spacial score (nSPS) is 10.9. The molecule has 0 aliphatic carbocycles. The SMILES string of the molecule is Cc1cccc2[nH]c(-c3cc(C=O)sn3)cc12. The third-order valence-electron chi connectivity index (χ3n) is 2.80. The maximum atomic E-state index is 10.6. The second-order valence-electron chi connectivity index (χ2n) is 3.95. The average molecular weight is 242 g/mol. The van der Waals surface area contributed by atoms with Crippen LogP contribution in [0.5, 0.6) is 0 Å². The first-order valence-electron chi connectivity index (χ1n) is 5.28. The minimum absolute atomic E-state index is 0.648. The van der Waals surface area contributed by atoms with Crippen molar-refractivity contribution >= 4 is 28.7 Å². The number of hydrogen-bond acceptors (Lipinski definition) is 3. The first-order chi connectivity index (χ1) is 8.28. The fourth-order valence-electron chi connectivity index (χ4n) is 1.92. The zero-order valence-corrected chi connectivity index (χ0v) is 10.0. The molecule has 17 heavy (non-hydrogen) atoms. The Hall–Kier alpha value is -1.94. The third kappa shape index (κ3) is 1.66. The van der Waals surface area contributed by atoms with Crippen molar-refractivity contribution in [2.45, 2.75) is 6.92 Å². The second kappa shape index (κ2) is 3.82. The molecule has 3 aromatic rings. The van der Waals surface area contributed by atoms with Crippen molar-refractivity contribution in [3.63, 3.8) is 0 Å². The minimum Gasteiger partial charge on any atom is -0.353 e. The van der Waals surface area contributed by atoms with Crippen LogP contribution in [0.1, 0.15) is 15.2 Å². The van der Waals surface area contributed by atoms with Gasteiger partial charge in [-0.05, 0) is 42.2 Å². The van der Waals surface area contributed by atoms with E-state index in [9.17, 15) is 4.79 Å². The van der Waals surface area contributed by atoms with Crippen molar-refractivity contribution in [1.82, 2.24) is 9.36 Å². The number of H-pyrrole nitrogens is 1. The summed E-state index contributed by atoms with van der Waals surface area (Å²) in [6.45, 7) is 2.08. The fraction of sp³-hybridized carbons (Fsp3) is 0.0769. The molecule has 0 fully saturated rings. The van der Waals surface area contributed by atoms with E-state index in [1.807, 2.05) is 12.1 Å². The number of carbonyl (C=O) groups excluding carboxylic acids is 1. The van der Waals surface area contributed by atoms with Crippen molar-refractivity contribution in [2.24, 2.45) is 0 Å². The van der Waals surface area contributed by atoms with Crippen LogP contribution in [0.3, 0.4) is 0 Å². The predicted molar refractivity (Wildman–Crippen MR) is 69.5 cm³/mol. The van der Waals surface area contributed by atoms with Crippen LogP contribution in [0.25, 0.3) is 22.3 Å². The molecule has 0 aliphatic rings. The molecule has 0 saturated heterocycles. The molecule has 0 amide bonds. The molecular weight excluding hydrogens is 232 g/mol. The van der Waals surface area contributed by atoms with Crippen molar-refractivity contribution in [3.8, 4) is 11.4 Å². The summed E-state index contributed by atoms with van der Waals surface area (Å²) in [5.41, 5.74) is 4.11. The molecule has 0 spiro atoms. The van der Waals surface area contributed by atoms with Gasteiger partial charge in [-0.25, -0.2) is 0 Å². The number of aromatic nitrogens is 2. The molecule has 2 heterocycles. The van der Waals surface area contributed by atoms with Crippen LogP contribution in [0.15, 0.2) is 30.3 Å². The van der Waals surface area contributed by atoms with Gasteiger partial charge in [-0.15, -0.1) is 0 Å². The Kier molecular flexibility index (Phi) is 2.30. The molecule has 2 aromatic heterocycles. The standard InChI is InChI=1S/C13H10N2OS/c1-8-3-2-4-11-10(8)6-12(14-11)13-5-9(7-16)17-15-13/h2-7,14H,1H3. The van der Waals surface area contributed by atoms with E-state index in [0.29, 0.717) is 4.88 Å². The largest absolute Gasteiger partial charge is 0.353 e. The number of hydrogen-bond donors (Lipinski definition) is 1. The van der Waals surface area contributed by atoms with Crippen molar-refractivity contribution in [2.75, 3.05) is 0 Å². The predicted octanol–water partition coefficient (Wildman–Crippen LogP) is 3.41. The quantitative estimate of drug-likeness (QED) is 0.700. The Morgan fingerprint density at radius 2 is 2.24 bits per heavy atom. The maximum absolute atomic E-state index is 10.6. The lowest BCUT2D eigenvalue weighted by Crippen LogP contribution is -1.74. The molecule has 4 heteroatoms. The number of fused-ring (bicyclic) bond motifs is 1. The molecule has 3 rings (SSSR count). The molecule has 84 valence electrons. The van der Waals surface area contributed by atoms with Crippen LogP contribution < -0.4 is 0 Å². The van der Waals surface area contributed by atoms with Crippen LogP contribution in [0.2, 0.25) is 0 Å². The number of aldehydes is 1. The third-order valence-corrected chi connectivity index (χ3v) is 3.52. The number of nitrogens with zero attached hydrogens (tertiary/aromatic N) is 1. The molecular formula is C13H10N2OS. The zero-order chi connectivity index (χ0) is 11.8. The van der Waals surface area contributed by atoms with Gasteiger partial charge in [-0.2, -0.15) is 4.37 Å². The van der Waals surface area contributed by atoms with E-state index in [1.165, 1.54) is 22.5 Å². The summed E-state index contributed by atoms with van der Waals surface area (Å²) < 4.78 is 4.26. The van der Waals surface area contributed by atoms with Crippen LogP contribution in [0.4, 0.5) is 0 Å². The number of rotatable bonds is 2. The van der Waals surface area contributed by atoms with E-state index < -0.39 is 0 Å². The summed E-state index contributed by atoms with van der Waals surface area (Å²) in [5.74, 6) is 0. The zero-order valence-electron chi connectivity index (χ0n) is 9.23. The van der Waals surface area contributed by atoms with Gasteiger partial charge in [0.2, 0.25) is 0 Å². The smallest absolute Gasteiger partial charge is 0.161 e. The molecule has 0 bridgehead atoms. The topological polar surface area (TPSA) is 45.8 Å². The first kappa shape index (κ1) is 10.2. The fourth-order valence-corrected chi connectivity index (χ4v) is 2.48. The second-order valence-corrected chi connectivity index (χ2v) is 4.79. The summed E-state index contributed by atoms with van der Waals surface area (Å²) in [6, 6.07) is 10.0. The highest BCUT2D eigenvalue weighted by molar-refractivity contribution is 7.07.